The fourth-order valence-corrected chi connectivity index (χ4v) is 5.14. The van der Waals surface area contributed by atoms with Crippen molar-refractivity contribution in [1.82, 2.24) is 14.5 Å². The molecule has 0 bridgehead atoms. The standard InChI is InChI=1S/C16H26IN3OS/c1-9(2)20-13(8-14(17)18-20)15-11-6-10(7-12(11)15)19-22(21)16(3,4)5/h8-12,15,19H,6-7H2,1-5H3/t10?,11-,12+,15-,22?. The molecule has 2 aliphatic rings. The fourth-order valence-electron chi connectivity index (χ4n) is 3.74. The van der Waals surface area contributed by atoms with Crippen molar-refractivity contribution < 1.29 is 4.55 Å². The summed E-state index contributed by atoms with van der Waals surface area (Å²) in [5, 5.41) is 4.64. The lowest BCUT2D eigenvalue weighted by atomic mass is 10.1. The van der Waals surface area contributed by atoms with E-state index in [2.05, 4.69) is 57.0 Å². The van der Waals surface area contributed by atoms with Crippen molar-refractivity contribution in [2.75, 3.05) is 0 Å². The van der Waals surface area contributed by atoms with Crippen molar-refractivity contribution >= 4 is 34.0 Å². The average molecular weight is 435 g/mol. The van der Waals surface area contributed by atoms with Gasteiger partial charge in [0, 0.05) is 29.0 Å². The highest BCUT2D eigenvalue weighted by atomic mass is 127. The van der Waals surface area contributed by atoms with Crippen molar-refractivity contribution in [3.8, 4) is 0 Å². The van der Waals surface area contributed by atoms with Crippen LogP contribution < -0.4 is 4.72 Å². The first-order chi connectivity index (χ1) is 10.2. The Kier molecular flexibility index (Phi) is 4.60. The molecule has 0 spiro atoms. The van der Waals surface area contributed by atoms with Crippen LogP contribution in [0.3, 0.4) is 0 Å². The molecule has 2 unspecified atom stereocenters. The van der Waals surface area contributed by atoms with Crippen LogP contribution in [0.4, 0.5) is 0 Å². The molecule has 3 rings (SSSR count). The summed E-state index contributed by atoms with van der Waals surface area (Å²) in [5.74, 6) is 2.17. The molecule has 6 heteroatoms. The van der Waals surface area contributed by atoms with Crippen molar-refractivity contribution in [2.45, 2.75) is 70.2 Å². The molecule has 0 radical (unpaired) electrons. The van der Waals surface area contributed by atoms with E-state index in [9.17, 15) is 4.55 Å². The summed E-state index contributed by atoms with van der Waals surface area (Å²) in [6.45, 7) is 10.5. The predicted molar refractivity (Wildman–Crippen MR) is 99.1 cm³/mol. The highest BCUT2D eigenvalue weighted by Gasteiger charge is 2.58. The van der Waals surface area contributed by atoms with Gasteiger partial charge in [-0.05, 0) is 88.0 Å². The first kappa shape index (κ1) is 17.0. The molecule has 1 aromatic rings. The first-order valence-electron chi connectivity index (χ1n) is 8.11. The molecule has 22 heavy (non-hydrogen) atoms. The van der Waals surface area contributed by atoms with Gasteiger partial charge in [-0.15, -0.1) is 4.72 Å². The maximum Gasteiger partial charge on any atom is 0.136 e. The van der Waals surface area contributed by atoms with Crippen LogP contribution in [0.2, 0.25) is 0 Å². The van der Waals surface area contributed by atoms with Gasteiger partial charge in [0.05, 0.1) is 6.04 Å². The van der Waals surface area contributed by atoms with E-state index in [1.54, 1.807) is 0 Å². The van der Waals surface area contributed by atoms with E-state index in [1.165, 1.54) is 5.69 Å². The van der Waals surface area contributed by atoms with Crippen LogP contribution in [0, 0.1) is 15.5 Å². The smallest absolute Gasteiger partial charge is 0.136 e. The van der Waals surface area contributed by atoms with Gasteiger partial charge < -0.3 is 4.55 Å². The second kappa shape index (κ2) is 5.93. The molecule has 4 nitrogen and oxygen atoms in total. The Labute approximate surface area is 150 Å². The summed E-state index contributed by atoms with van der Waals surface area (Å²) in [4.78, 5) is 0. The van der Waals surface area contributed by atoms with Crippen molar-refractivity contribution in [3.05, 3.63) is 15.5 Å². The van der Waals surface area contributed by atoms with Gasteiger partial charge in [-0.1, -0.05) is 0 Å². The van der Waals surface area contributed by atoms with Crippen LogP contribution in [0.5, 0.6) is 0 Å². The number of fused-ring (bicyclic) bond motifs is 1. The van der Waals surface area contributed by atoms with Gasteiger partial charge in [0.2, 0.25) is 0 Å². The van der Waals surface area contributed by atoms with Crippen LogP contribution in [-0.4, -0.2) is 25.1 Å². The predicted octanol–water partition coefficient (Wildman–Crippen LogP) is 3.61. The first-order valence-corrected chi connectivity index (χ1v) is 10.3. The zero-order valence-electron chi connectivity index (χ0n) is 14.0. The molecule has 0 saturated heterocycles. The van der Waals surface area contributed by atoms with E-state index in [0.717, 1.165) is 28.4 Å². The number of aromatic nitrogens is 2. The Hall–Kier alpha value is 0.210. The van der Waals surface area contributed by atoms with Gasteiger partial charge >= 0.3 is 0 Å². The average Bonchev–Trinajstić information content (AvgIpc) is 2.74. The normalized spacial score (nSPS) is 32.4. The van der Waals surface area contributed by atoms with Gasteiger partial charge in [0.25, 0.3) is 0 Å². The highest BCUT2D eigenvalue weighted by Crippen LogP contribution is 2.63. The molecule has 1 N–H and O–H groups in total. The summed E-state index contributed by atoms with van der Waals surface area (Å²) in [6.07, 6.45) is 2.30. The molecule has 2 fully saturated rings. The summed E-state index contributed by atoms with van der Waals surface area (Å²) >= 11 is 1.36. The molecular weight excluding hydrogens is 409 g/mol. The van der Waals surface area contributed by atoms with Gasteiger partial charge in [-0.3, -0.25) is 4.68 Å². The second-order valence-electron chi connectivity index (χ2n) is 7.95. The molecule has 1 heterocycles. The molecule has 0 aromatic carbocycles. The maximum atomic E-state index is 12.2. The number of rotatable bonds is 4. The lowest BCUT2D eigenvalue weighted by Crippen LogP contribution is -2.44. The molecule has 124 valence electrons. The van der Waals surface area contributed by atoms with Crippen LogP contribution in [0.1, 0.15) is 65.1 Å². The lowest BCUT2D eigenvalue weighted by molar-refractivity contribution is 0.469. The zero-order chi connectivity index (χ0) is 16.2. The van der Waals surface area contributed by atoms with Crippen LogP contribution in [-0.2, 0) is 11.4 Å². The summed E-state index contributed by atoms with van der Waals surface area (Å²) < 4.78 is 18.7. The lowest BCUT2D eigenvalue weighted by Gasteiger charge is -2.27. The van der Waals surface area contributed by atoms with E-state index in [-0.39, 0.29) is 4.75 Å². The van der Waals surface area contributed by atoms with Crippen molar-refractivity contribution in [3.63, 3.8) is 0 Å². The summed E-state index contributed by atoms with van der Waals surface area (Å²) in [7, 11) is 0. The van der Waals surface area contributed by atoms with Crippen molar-refractivity contribution in [2.24, 2.45) is 11.8 Å². The van der Waals surface area contributed by atoms with Gasteiger partial charge in [0.1, 0.15) is 8.45 Å². The number of hydrogen-bond donors (Lipinski definition) is 1. The highest BCUT2D eigenvalue weighted by molar-refractivity contribution is 14.1. The van der Waals surface area contributed by atoms with Gasteiger partial charge in [-0.25, -0.2) is 0 Å². The number of nitrogens with one attached hydrogen (secondary N) is 1. The molecular formula is C16H26IN3OS. The Balaban J connectivity index is 1.62. The number of halogens is 1. The molecule has 0 aliphatic heterocycles. The van der Waals surface area contributed by atoms with Gasteiger partial charge in [-0.2, -0.15) is 5.10 Å². The zero-order valence-corrected chi connectivity index (χ0v) is 16.9. The van der Waals surface area contributed by atoms with E-state index in [1.807, 2.05) is 20.8 Å². The Bertz CT molecular complexity index is 542. The van der Waals surface area contributed by atoms with E-state index in [4.69, 9.17) is 0 Å². The Morgan fingerprint density at radius 1 is 1.36 bits per heavy atom. The minimum absolute atomic E-state index is 0.182. The minimum atomic E-state index is -0.954. The summed E-state index contributed by atoms with van der Waals surface area (Å²) in [6, 6.07) is 3.09. The topological polar surface area (TPSA) is 52.9 Å². The molecule has 5 atom stereocenters. The Morgan fingerprint density at radius 2 is 1.95 bits per heavy atom. The van der Waals surface area contributed by atoms with Crippen molar-refractivity contribution in [1.29, 1.82) is 0 Å². The third-order valence-electron chi connectivity index (χ3n) is 4.84. The number of hydrogen-bond acceptors (Lipinski definition) is 3. The maximum absolute atomic E-state index is 12.2. The van der Waals surface area contributed by atoms with Gasteiger partial charge in [0.15, 0.2) is 0 Å². The summed E-state index contributed by atoms with van der Waals surface area (Å²) in [5.41, 5.74) is 1.41. The van der Waals surface area contributed by atoms with Crippen LogP contribution in [0.15, 0.2) is 6.07 Å². The van der Waals surface area contributed by atoms with E-state index >= 15 is 0 Å². The van der Waals surface area contributed by atoms with Crippen LogP contribution >= 0.6 is 22.6 Å². The third-order valence-corrected chi connectivity index (χ3v) is 7.03. The van der Waals surface area contributed by atoms with E-state index < -0.39 is 11.4 Å². The largest absolute Gasteiger partial charge is 0.598 e. The third kappa shape index (κ3) is 3.21. The molecule has 2 aliphatic carbocycles. The fraction of sp³-hybridized carbons (Fsp3) is 0.812. The quantitative estimate of drug-likeness (QED) is 0.581. The number of nitrogens with zero attached hydrogens (tertiary/aromatic N) is 2. The minimum Gasteiger partial charge on any atom is -0.598 e. The Morgan fingerprint density at radius 3 is 2.45 bits per heavy atom. The molecule has 2 saturated carbocycles. The monoisotopic (exact) mass is 435 g/mol. The van der Waals surface area contributed by atoms with Crippen LogP contribution in [0.25, 0.3) is 0 Å². The van der Waals surface area contributed by atoms with E-state index in [0.29, 0.717) is 18.0 Å². The molecule has 1 aromatic heterocycles. The second-order valence-corrected chi connectivity index (χ2v) is 11.1. The SMILES string of the molecule is CC(C)n1nc(I)cc1[C@@H]1[C@@H]2CC(N[S+]([O-])C(C)(C)C)C[C@@H]21. The molecule has 0 amide bonds.